The maximum Gasteiger partial charge on any atom is 0.102 e. The van der Waals surface area contributed by atoms with E-state index in [1.807, 2.05) is 0 Å². The summed E-state index contributed by atoms with van der Waals surface area (Å²) in [5.41, 5.74) is 0. The van der Waals surface area contributed by atoms with E-state index in [9.17, 15) is 0 Å². The lowest BCUT2D eigenvalue weighted by Crippen LogP contribution is -3.00. The molecule has 1 N–H and O–H groups in total. The third-order valence-corrected chi connectivity index (χ3v) is 2.16. The Balaban J connectivity index is 0.00000121. The van der Waals surface area contributed by atoms with E-state index in [1.54, 1.807) is 0 Å². The first kappa shape index (κ1) is 12.4. The Labute approximate surface area is 84.7 Å². The highest BCUT2D eigenvalue weighted by Gasteiger charge is 2.27. The van der Waals surface area contributed by atoms with E-state index in [-0.39, 0.29) is 23.6 Å². The van der Waals surface area contributed by atoms with Gasteiger partial charge < -0.3 is 31.3 Å². The number of quaternary nitrogens is 1. The van der Waals surface area contributed by atoms with Gasteiger partial charge >= 0.3 is 0 Å². The van der Waals surface area contributed by atoms with Gasteiger partial charge in [-0.3, -0.25) is 0 Å². The molecule has 12 heavy (non-hydrogen) atoms. The molecule has 74 valence electrons. The van der Waals surface area contributed by atoms with Crippen LogP contribution in [0.5, 0.6) is 0 Å². The maximum atomic E-state index is 8.76. The van der Waals surface area contributed by atoms with E-state index in [4.69, 9.17) is 9.84 Å². The molecule has 0 aromatic heterocycles. The number of hydrogen-bond donors (Lipinski definition) is 1. The van der Waals surface area contributed by atoms with Crippen LogP contribution in [-0.4, -0.2) is 56.6 Å². The lowest BCUT2D eigenvalue weighted by molar-refractivity contribution is -0.895. The van der Waals surface area contributed by atoms with E-state index < -0.39 is 0 Å². The average molecular weight is 240 g/mol. The zero-order valence-corrected chi connectivity index (χ0v) is 9.38. The molecule has 0 amide bonds. The van der Waals surface area contributed by atoms with Gasteiger partial charge in [0.2, 0.25) is 0 Å². The Hall–Kier alpha value is 0.360. The van der Waals surface area contributed by atoms with Gasteiger partial charge in [0.1, 0.15) is 6.54 Å². The number of aliphatic hydroxyl groups is 1. The molecule has 4 heteroatoms. The summed E-state index contributed by atoms with van der Waals surface area (Å²) in [4.78, 5) is 0. The highest BCUT2D eigenvalue weighted by molar-refractivity contribution is 4.63. The Morgan fingerprint density at radius 3 is 2.33 bits per heavy atom. The Kier molecular flexibility index (Phi) is 5.32. The van der Waals surface area contributed by atoms with E-state index in [2.05, 4.69) is 14.1 Å². The summed E-state index contributed by atoms with van der Waals surface area (Å²) in [6.07, 6.45) is 0. The van der Waals surface area contributed by atoms with Crippen LogP contribution in [-0.2, 0) is 4.74 Å². The molecule has 0 aliphatic carbocycles. The minimum atomic E-state index is 0. The number of rotatable bonds is 4. The summed E-state index contributed by atoms with van der Waals surface area (Å²) < 4.78 is 5.99. The Morgan fingerprint density at radius 1 is 1.42 bits per heavy atom. The number of aliphatic hydroxyl groups excluding tert-OH is 1. The van der Waals surface area contributed by atoms with E-state index in [1.165, 1.54) is 0 Å². The van der Waals surface area contributed by atoms with Crippen LogP contribution in [0.15, 0.2) is 0 Å². The molecule has 1 aliphatic heterocycles. The normalized spacial score (nSPS) is 18.2. The van der Waals surface area contributed by atoms with Crippen molar-refractivity contribution in [3.63, 3.8) is 0 Å². The van der Waals surface area contributed by atoms with Crippen LogP contribution in [0.4, 0.5) is 0 Å². The van der Waals surface area contributed by atoms with Crippen LogP contribution in [0, 0.1) is 5.92 Å². The molecular formula is C8H18BrNO2. The minimum Gasteiger partial charge on any atom is -1.00 e. The summed E-state index contributed by atoms with van der Waals surface area (Å²) in [5.74, 6) is 0.719. The smallest absolute Gasteiger partial charge is 0.102 e. The molecule has 0 bridgehead atoms. The van der Waals surface area contributed by atoms with Crippen molar-refractivity contribution in [2.45, 2.75) is 0 Å². The summed E-state index contributed by atoms with van der Waals surface area (Å²) in [6.45, 7) is 4.07. The summed E-state index contributed by atoms with van der Waals surface area (Å²) in [6, 6.07) is 0. The summed E-state index contributed by atoms with van der Waals surface area (Å²) in [7, 11) is 4.29. The van der Waals surface area contributed by atoms with Gasteiger partial charge in [-0.05, 0) is 0 Å². The molecule has 1 saturated heterocycles. The van der Waals surface area contributed by atoms with Crippen molar-refractivity contribution >= 4 is 0 Å². The fourth-order valence-electron chi connectivity index (χ4n) is 1.45. The monoisotopic (exact) mass is 239 g/mol. The van der Waals surface area contributed by atoms with E-state index in [0.717, 1.165) is 36.7 Å². The number of ether oxygens (including phenoxy) is 1. The van der Waals surface area contributed by atoms with Gasteiger partial charge in [-0.25, -0.2) is 0 Å². The fourth-order valence-corrected chi connectivity index (χ4v) is 1.45. The maximum absolute atomic E-state index is 8.76. The quantitative estimate of drug-likeness (QED) is 0.522. The molecule has 0 aromatic carbocycles. The first-order valence-electron chi connectivity index (χ1n) is 4.15. The third-order valence-electron chi connectivity index (χ3n) is 2.16. The van der Waals surface area contributed by atoms with Gasteiger partial charge in [0, 0.05) is 0 Å². The van der Waals surface area contributed by atoms with Crippen LogP contribution in [0.2, 0.25) is 0 Å². The predicted molar refractivity (Wildman–Crippen MR) is 43.2 cm³/mol. The van der Waals surface area contributed by atoms with Crippen LogP contribution in [0.3, 0.4) is 0 Å². The van der Waals surface area contributed by atoms with Crippen molar-refractivity contribution in [1.29, 1.82) is 0 Å². The second-order valence-corrected chi connectivity index (χ2v) is 3.97. The molecule has 1 heterocycles. The highest BCUT2D eigenvalue weighted by Crippen LogP contribution is 2.13. The molecule has 0 atom stereocenters. The van der Waals surface area contributed by atoms with Crippen molar-refractivity contribution in [3.8, 4) is 0 Å². The second-order valence-electron chi connectivity index (χ2n) is 3.97. The van der Waals surface area contributed by atoms with Gasteiger partial charge in [0.15, 0.2) is 0 Å². The zero-order valence-electron chi connectivity index (χ0n) is 7.79. The first-order chi connectivity index (χ1) is 5.14. The fraction of sp³-hybridized carbons (Fsp3) is 1.00. The number of hydrogen-bond acceptors (Lipinski definition) is 2. The molecule has 1 fully saturated rings. The largest absolute Gasteiger partial charge is 1.00 e. The number of likely N-dealkylation sites (N-methyl/N-ethyl adjacent to an activating group) is 1. The minimum absolute atomic E-state index is 0. The summed E-state index contributed by atoms with van der Waals surface area (Å²) >= 11 is 0. The molecule has 0 aromatic rings. The Morgan fingerprint density at radius 2 is 2.00 bits per heavy atom. The van der Waals surface area contributed by atoms with Gasteiger partial charge in [-0.1, -0.05) is 0 Å². The van der Waals surface area contributed by atoms with Crippen LogP contribution < -0.4 is 17.0 Å². The van der Waals surface area contributed by atoms with Gasteiger partial charge in [0.05, 0.1) is 46.4 Å². The third kappa shape index (κ3) is 3.85. The predicted octanol–water partition coefficient (Wildman–Crippen LogP) is -3.29. The topological polar surface area (TPSA) is 29.5 Å². The van der Waals surface area contributed by atoms with Crippen molar-refractivity contribution in [2.75, 3.05) is 47.0 Å². The summed E-state index contributed by atoms with van der Waals surface area (Å²) in [5, 5.41) is 8.76. The van der Waals surface area contributed by atoms with Crippen molar-refractivity contribution in [3.05, 3.63) is 0 Å². The first-order valence-corrected chi connectivity index (χ1v) is 4.15. The average Bonchev–Trinajstić information content (AvgIpc) is 1.79. The Bertz CT molecular complexity index is 126. The zero-order chi connectivity index (χ0) is 8.32. The lowest BCUT2D eigenvalue weighted by Gasteiger charge is -2.36. The SMILES string of the molecule is C[N+](C)(CCO)CC1COC1.[Br-]. The van der Waals surface area contributed by atoms with Gasteiger partial charge in [0.25, 0.3) is 0 Å². The van der Waals surface area contributed by atoms with Crippen molar-refractivity contribution in [1.82, 2.24) is 0 Å². The van der Waals surface area contributed by atoms with Crippen LogP contribution >= 0.6 is 0 Å². The number of nitrogens with zero attached hydrogens (tertiary/aromatic N) is 1. The number of halogens is 1. The van der Waals surface area contributed by atoms with Crippen molar-refractivity contribution < 1.29 is 31.3 Å². The lowest BCUT2D eigenvalue weighted by atomic mass is 10.1. The van der Waals surface area contributed by atoms with Crippen molar-refractivity contribution in [2.24, 2.45) is 5.92 Å². The van der Waals surface area contributed by atoms with Gasteiger partial charge in [-0.2, -0.15) is 0 Å². The molecule has 0 radical (unpaired) electrons. The van der Waals surface area contributed by atoms with E-state index >= 15 is 0 Å². The van der Waals surface area contributed by atoms with Crippen LogP contribution in [0.1, 0.15) is 0 Å². The molecule has 0 spiro atoms. The molecule has 0 saturated carbocycles. The molecule has 1 aliphatic rings. The van der Waals surface area contributed by atoms with E-state index in [0.29, 0.717) is 0 Å². The van der Waals surface area contributed by atoms with Gasteiger partial charge in [-0.15, -0.1) is 0 Å². The standard InChI is InChI=1S/C8H18NO2.BrH/c1-9(2,3-4-10)5-8-6-11-7-8;/h8,10H,3-7H2,1-2H3;1H/q+1;/p-1. The second kappa shape index (κ2) is 5.17. The molecule has 0 unspecified atom stereocenters. The molecular weight excluding hydrogens is 222 g/mol. The molecule has 1 rings (SSSR count). The molecule has 3 nitrogen and oxygen atoms in total. The highest BCUT2D eigenvalue weighted by atomic mass is 79.9. The van der Waals surface area contributed by atoms with Crippen LogP contribution in [0.25, 0.3) is 0 Å².